The van der Waals surface area contributed by atoms with E-state index in [9.17, 15) is 17.6 Å². The number of halogens is 1. The lowest BCUT2D eigenvalue weighted by molar-refractivity contribution is -0.116. The van der Waals surface area contributed by atoms with Crippen LogP contribution in [0.4, 0.5) is 10.1 Å². The maximum Gasteiger partial charge on any atom is 0.242 e. The van der Waals surface area contributed by atoms with E-state index in [-0.39, 0.29) is 23.8 Å². The summed E-state index contributed by atoms with van der Waals surface area (Å²) in [5.41, 5.74) is 3.26. The number of aryl methyl sites for hydroxylation is 3. The first kappa shape index (κ1) is 21.0. The van der Waals surface area contributed by atoms with Gasteiger partial charge in [0.15, 0.2) is 0 Å². The maximum atomic E-state index is 13.0. The van der Waals surface area contributed by atoms with Crippen molar-refractivity contribution in [3.8, 4) is 0 Å². The summed E-state index contributed by atoms with van der Waals surface area (Å²) in [6.07, 6.45) is 0.538. The summed E-state index contributed by atoms with van der Waals surface area (Å²) < 4.78 is 39.0. The van der Waals surface area contributed by atoms with Crippen LogP contribution in [0.25, 0.3) is 0 Å². The molecule has 0 aliphatic rings. The molecule has 0 unspecified atom stereocenters. The number of aromatic nitrogens is 1. The Kier molecular flexibility index (Phi) is 6.67. The normalized spacial score (nSPS) is 11.6. The number of carbonyl (C=O) groups is 1. The fraction of sp³-hybridized carbons (Fsp3) is 0.368. The van der Waals surface area contributed by atoms with E-state index in [1.165, 1.54) is 19.2 Å². The van der Waals surface area contributed by atoms with Gasteiger partial charge in [-0.15, -0.1) is 0 Å². The first-order valence-electron chi connectivity index (χ1n) is 8.58. The van der Waals surface area contributed by atoms with Gasteiger partial charge in [-0.25, -0.2) is 17.1 Å². The lowest BCUT2D eigenvalue weighted by Crippen LogP contribution is -2.28. The second kappa shape index (κ2) is 8.58. The van der Waals surface area contributed by atoms with Gasteiger partial charge >= 0.3 is 0 Å². The summed E-state index contributed by atoms with van der Waals surface area (Å²) in [5, 5.41) is 2.85. The molecule has 0 atom stereocenters. The molecule has 0 fully saturated rings. The fourth-order valence-corrected chi connectivity index (χ4v) is 3.99. The molecule has 0 bridgehead atoms. The molecule has 0 saturated carbocycles. The van der Waals surface area contributed by atoms with E-state index in [1.54, 1.807) is 0 Å². The highest BCUT2D eigenvalue weighted by Crippen LogP contribution is 2.20. The van der Waals surface area contributed by atoms with Crippen LogP contribution in [0.1, 0.15) is 29.8 Å². The van der Waals surface area contributed by atoms with Gasteiger partial charge in [0, 0.05) is 25.7 Å². The molecule has 1 heterocycles. The number of sulfonamides is 1. The Hall–Kier alpha value is -2.32. The number of rotatable bonds is 7. The van der Waals surface area contributed by atoms with Crippen LogP contribution in [0, 0.1) is 26.6 Å². The first-order valence-corrected chi connectivity index (χ1v) is 10.0. The second-order valence-corrected chi connectivity index (χ2v) is 8.52. The summed E-state index contributed by atoms with van der Waals surface area (Å²) in [6, 6.07) is 6.56. The minimum atomic E-state index is -3.71. The molecule has 2 aromatic rings. The molecule has 2 rings (SSSR count). The molecule has 1 aromatic heterocycles. The monoisotopic (exact) mass is 393 g/mol. The van der Waals surface area contributed by atoms with E-state index in [0.717, 1.165) is 33.4 Å². The van der Waals surface area contributed by atoms with Crippen molar-refractivity contribution >= 4 is 21.6 Å². The molecule has 0 aliphatic heterocycles. The predicted molar refractivity (Wildman–Crippen MR) is 103 cm³/mol. The van der Waals surface area contributed by atoms with Crippen molar-refractivity contribution in [1.29, 1.82) is 0 Å². The van der Waals surface area contributed by atoms with Crippen molar-refractivity contribution in [3.63, 3.8) is 0 Å². The molecule has 0 radical (unpaired) electrons. The molecule has 0 aliphatic carbocycles. The highest BCUT2D eigenvalue weighted by molar-refractivity contribution is 7.89. The molecule has 6 nitrogen and oxygen atoms in total. The number of anilines is 1. The van der Waals surface area contributed by atoms with E-state index in [4.69, 9.17) is 0 Å². The first-order chi connectivity index (χ1) is 12.6. The Morgan fingerprint density at radius 3 is 2.41 bits per heavy atom. The Bertz CT molecular complexity index is 905. The van der Waals surface area contributed by atoms with Crippen LogP contribution >= 0.6 is 0 Å². The van der Waals surface area contributed by atoms with Crippen molar-refractivity contribution in [3.05, 3.63) is 53.1 Å². The highest BCUT2D eigenvalue weighted by Gasteiger charge is 2.20. The maximum absolute atomic E-state index is 13.0. The summed E-state index contributed by atoms with van der Waals surface area (Å²) >= 11 is 0. The molecule has 1 N–H and O–H groups in total. The third-order valence-corrected chi connectivity index (χ3v) is 6.06. The molecule has 0 saturated heterocycles. The number of nitrogens with one attached hydrogen (secondary N) is 1. The van der Waals surface area contributed by atoms with Crippen molar-refractivity contribution in [2.24, 2.45) is 0 Å². The lowest BCUT2D eigenvalue weighted by Gasteiger charge is -2.17. The number of hydrogen-bond donors (Lipinski definition) is 1. The largest absolute Gasteiger partial charge is 0.324 e. The standard InChI is InChI=1S/C19H24FN3O3S/c1-13-12-14(2)21-15(3)19(13)22-18(24)6-5-11-23(4)27(25,26)17-9-7-16(20)8-10-17/h7-10,12H,5-6,11H2,1-4H3,(H,22,24). The zero-order chi connectivity index (χ0) is 20.2. The van der Waals surface area contributed by atoms with Crippen LogP contribution in [-0.2, 0) is 14.8 Å². The van der Waals surface area contributed by atoms with Gasteiger partial charge in [0.2, 0.25) is 15.9 Å². The molecule has 27 heavy (non-hydrogen) atoms. The van der Waals surface area contributed by atoms with Crippen LogP contribution in [-0.4, -0.2) is 37.2 Å². The van der Waals surface area contributed by atoms with Gasteiger partial charge in [-0.05, 0) is 63.1 Å². The molecular weight excluding hydrogens is 369 g/mol. The third kappa shape index (κ3) is 5.33. The van der Waals surface area contributed by atoms with Crippen molar-refractivity contribution in [2.75, 3.05) is 18.9 Å². The number of hydrogen-bond acceptors (Lipinski definition) is 4. The number of carbonyl (C=O) groups excluding carboxylic acids is 1. The van der Waals surface area contributed by atoms with Gasteiger partial charge in [0.25, 0.3) is 0 Å². The van der Waals surface area contributed by atoms with Crippen molar-refractivity contribution in [2.45, 2.75) is 38.5 Å². The highest BCUT2D eigenvalue weighted by atomic mass is 32.2. The van der Waals surface area contributed by atoms with E-state index < -0.39 is 15.8 Å². The van der Waals surface area contributed by atoms with E-state index in [0.29, 0.717) is 12.1 Å². The number of pyridine rings is 1. The molecule has 1 aromatic carbocycles. The Morgan fingerprint density at radius 1 is 1.19 bits per heavy atom. The summed E-state index contributed by atoms with van der Waals surface area (Å²) in [5.74, 6) is -0.691. The number of amides is 1. The minimum absolute atomic E-state index is 0.0211. The van der Waals surface area contributed by atoms with E-state index in [2.05, 4.69) is 10.3 Å². The van der Waals surface area contributed by atoms with Crippen LogP contribution in [0.15, 0.2) is 35.2 Å². The van der Waals surface area contributed by atoms with Gasteiger partial charge in [-0.3, -0.25) is 9.78 Å². The molecular formula is C19H24FN3O3S. The van der Waals surface area contributed by atoms with Gasteiger partial charge < -0.3 is 5.32 Å². The van der Waals surface area contributed by atoms with Crippen molar-refractivity contribution < 1.29 is 17.6 Å². The summed E-state index contributed by atoms with van der Waals surface area (Å²) in [6.45, 7) is 5.80. The molecule has 0 spiro atoms. The van der Waals surface area contributed by atoms with Crippen LogP contribution in [0.3, 0.4) is 0 Å². The Morgan fingerprint density at radius 2 is 1.81 bits per heavy atom. The molecule has 1 amide bonds. The minimum Gasteiger partial charge on any atom is -0.324 e. The predicted octanol–water partition coefficient (Wildman–Crippen LogP) is 3.19. The quantitative estimate of drug-likeness (QED) is 0.784. The van der Waals surface area contributed by atoms with Gasteiger partial charge in [-0.2, -0.15) is 0 Å². The lowest BCUT2D eigenvalue weighted by atomic mass is 10.1. The van der Waals surface area contributed by atoms with Crippen molar-refractivity contribution in [1.82, 2.24) is 9.29 Å². The van der Waals surface area contributed by atoms with Gasteiger partial charge in [-0.1, -0.05) is 0 Å². The summed E-state index contributed by atoms with van der Waals surface area (Å²) in [4.78, 5) is 16.6. The SMILES string of the molecule is Cc1cc(C)c(NC(=O)CCCN(C)S(=O)(=O)c2ccc(F)cc2)c(C)n1. The van der Waals surface area contributed by atoms with E-state index in [1.807, 2.05) is 26.8 Å². The number of nitrogens with zero attached hydrogens (tertiary/aromatic N) is 2. The second-order valence-electron chi connectivity index (χ2n) is 6.47. The third-order valence-electron chi connectivity index (χ3n) is 4.19. The van der Waals surface area contributed by atoms with Crippen LogP contribution < -0.4 is 5.32 Å². The fourth-order valence-electron chi connectivity index (χ4n) is 2.78. The van der Waals surface area contributed by atoms with E-state index >= 15 is 0 Å². The van der Waals surface area contributed by atoms with Crippen LogP contribution in [0.5, 0.6) is 0 Å². The zero-order valence-corrected chi connectivity index (χ0v) is 16.7. The summed E-state index contributed by atoms with van der Waals surface area (Å²) in [7, 11) is -2.27. The van der Waals surface area contributed by atoms with Gasteiger partial charge in [0.1, 0.15) is 5.82 Å². The smallest absolute Gasteiger partial charge is 0.242 e. The van der Waals surface area contributed by atoms with Gasteiger partial charge in [0.05, 0.1) is 16.3 Å². The Labute approximate surface area is 159 Å². The average molecular weight is 393 g/mol. The molecule has 8 heteroatoms. The zero-order valence-electron chi connectivity index (χ0n) is 15.9. The Balaban J connectivity index is 1.92. The van der Waals surface area contributed by atoms with Crippen LogP contribution in [0.2, 0.25) is 0 Å². The topological polar surface area (TPSA) is 79.4 Å². The number of benzene rings is 1. The molecule has 146 valence electrons. The average Bonchev–Trinajstić information content (AvgIpc) is 2.58.